The van der Waals surface area contributed by atoms with Crippen LogP contribution >= 0.6 is 0 Å². The number of rotatable bonds is 3. The van der Waals surface area contributed by atoms with E-state index in [1.54, 1.807) is 18.3 Å². The Morgan fingerprint density at radius 2 is 2.05 bits per heavy atom. The van der Waals surface area contributed by atoms with Gasteiger partial charge in [0.1, 0.15) is 11.9 Å². The highest BCUT2D eigenvalue weighted by Crippen LogP contribution is 2.19. The van der Waals surface area contributed by atoms with Crippen molar-refractivity contribution in [3.63, 3.8) is 0 Å². The Morgan fingerprint density at radius 3 is 2.74 bits per heavy atom. The first-order valence-corrected chi connectivity index (χ1v) is 6.24. The molecule has 19 heavy (non-hydrogen) atoms. The van der Waals surface area contributed by atoms with Crippen molar-refractivity contribution in [1.29, 1.82) is 5.26 Å². The maximum atomic E-state index is 9.11. The van der Waals surface area contributed by atoms with E-state index in [0.29, 0.717) is 5.56 Å². The van der Waals surface area contributed by atoms with Crippen LogP contribution in [0.1, 0.15) is 22.3 Å². The van der Waals surface area contributed by atoms with E-state index in [4.69, 9.17) is 5.26 Å². The van der Waals surface area contributed by atoms with Crippen LogP contribution in [0.25, 0.3) is 0 Å². The Labute approximate surface area is 114 Å². The number of hydrogen-bond donors (Lipinski definition) is 0. The number of nitriles is 1. The van der Waals surface area contributed by atoms with Gasteiger partial charge in [0.05, 0.1) is 5.56 Å². The largest absolute Gasteiger partial charge is 0.354 e. The van der Waals surface area contributed by atoms with Gasteiger partial charge in [-0.15, -0.1) is 0 Å². The smallest absolute Gasteiger partial charge is 0.146 e. The summed E-state index contributed by atoms with van der Waals surface area (Å²) >= 11 is 0. The number of hydrogen-bond acceptors (Lipinski definition) is 3. The average Bonchev–Trinajstić information content (AvgIpc) is 2.41. The highest BCUT2D eigenvalue weighted by Gasteiger charge is 2.09. The Morgan fingerprint density at radius 1 is 1.26 bits per heavy atom. The van der Waals surface area contributed by atoms with E-state index in [1.807, 2.05) is 11.9 Å². The van der Waals surface area contributed by atoms with E-state index in [1.165, 1.54) is 16.7 Å². The minimum absolute atomic E-state index is 0.606. The van der Waals surface area contributed by atoms with E-state index in [-0.39, 0.29) is 0 Å². The summed E-state index contributed by atoms with van der Waals surface area (Å²) in [6.45, 7) is 4.95. The molecule has 2 aromatic rings. The SMILES string of the molecule is Cc1ccc(CN(C)c2ncccc2C#N)c(C)c1. The van der Waals surface area contributed by atoms with Gasteiger partial charge in [0.15, 0.2) is 0 Å². The van der Waals surface area contributed by atoms with Crippen LogP contribution in [0.2, 0.25) is 0 Å². The Kier molecular flexibility index (Phi) is 3.82. The zero-order valence-corrected chi connectivity index (χ0v) is 11.5. The molecule has 0 spiro atoms. The summed E-state index contributed by atoms with van der Waals surface area (Å²) in [5.74, 6) is 0.727. The monoisotopic (exact) mass is 251 g/mol. The Balaban J connectivity index is 2.26. The first-order chi connectivity index (χ1) is 9.11. The van der Waals surface area contributed by atoms with Gasteiger partial charge in [0.25, 0.3) is 0 Å². The first-order valence-electron chi connectivity index (χ1n) is 6.24. The second kappa shape index (κ2) is 5.53. The number of nitrogens with zero attached hydrogens (tertiary/aromatic N) is 3. The van der Waals surface area contributed by atoms with Crippen molar-refractivity contribution in [1.82, 2.24) is 4.98 Å². The lowest BCUT2D eigenvalue weighted by Gasteiger charge is -2.20. The van der Waals surface area contributed by atoms with Gasteiger partial charge in [0, 0.05) is 19.8 Å². The molecular weight excluding hydrogens is 234 g/mol. The molecule has 1 aromatic carbocycles. The summed E-state index contributed by atoms with van der Waals surface area (Å²) < 4.78 is 0. The van der Waals surface area contributed by atoms with Crippen LogP contribution in [0.15, 0.2) is 36.5 Å². The zero-order chi connectivity index (χ0) is 13.8. The fourth-order valence-electron chi connectivity index (χ4n) is 2.14. The predicted molar refractivity (Wildman–Crippen MR) is 77.0 cm³/mol. The standard InChI is InChI=1S/C16H17N3/c1-12-6-7-15(13(2)9-12)11-19(3)16-14(10-17)5-4-8-18-16/h4-9H,11H2,1-3H3. The van der Waals surface area contributed by atoms with Crippen LogP contribution < -0.4 is 4.90 Å². The molecule has 3 heteroatoms. The molecule has 96 valence electrons. The molecule has 1 aromatic heterocycles. The number of aryl methyl sites for hydroxylation is 2. The fourth-order valence-corrected chi connectivity index (χ4v) is 2.14. The molecule has 0 radical (unpaired) electrons. The van der Waals surface area contributed by atoms with Crippen LogP contribution in [0.3, 0.4) is 0 Å². The van der Waals surface area contributed by atoms with E-state index in [0.717, 1.165) is 12.4 Å². The van der Waals surface area contributed by atoms with Gasteiger partial charge in [-0.1, -0.05) is 23.8 Å². The van der Waals surface area contributed by atoms with Gasteiger partial charge >= 0.3 is 0 Å². The molecular formula is C16H17N3. The molecule has 0 saturated carbocycles. The third-order valence-corrected chi connectivity index (χ3v) is 3.17. The van der Waals surface area contributed by atoms with E-state index >= 15 is 0 Å². The van der Waals surface area contributed by atoms with Crippen LogP contribution in [0, 0.1) is 25.2 Å². The van der Waals surface area contributed by atoms with Crippen molar-refractivity contribution in [3.05, 3.63) is 58.8 Å². The third kappa shape index (κ3) is 2.92. The predicted octanol–water partition coefficient (Wildman–Crippen LogP) is 3.21. The second-order valence-corrected chi connectivity index (χ2v) is 4.77. The molecule has 0 fully saturated rings. The number of aromatic nitrogens is 1. The van der Waals surface area contributed by atoms with Gasteiger partial charge in [-0.2, -0.15) is 5.26 Å². The highest BCUT2D eigenvalue weighted by atomic mass is 15.2. The molecule has 0 aliphatic heterocycles. The van der Waals surface area contributed by atoms with Crippen LogP contribution in [-0.2, 0) is 6.54 Å². The average molecular weight is 251 g/mol. The van der Waals surface area contributed by atoms with Crippen LogP contribution in [-0.4, -0.2) is 12.0 Å². The summed E-state index contributed by atoms with van der Waals surface area (Å²) in [5, 5.41) is 9.11. The third-order valence-electron chi connectivity index (χ3n) is 3.17. The number of anilines is 1. The molecule has 0 amide bonds. The molecule has 1 heterocycles. The van der Waals surface area contributed by atoms with Gasteiger partial charge < -0.3 is 4.90 Å². The first kappa shape index (κ1) is 13.1. The zero-order valence-electron chi connectivity index (χ0n) is 11.5. The van der Waals surface area contributed by atoms with Gasteiger partial charge in [-0.05, 0) is 37.1 Å². The van der Waals surface area contributed by atoms with Gasteiger partial charge in [-0.25, -0.2) is 4.98 Å². The summed E-state index contributed by atoms with van der Waals surface area (Å²) in [7, 11) is 1.96. The molecule has 0 aliphatic carbocycles. The van der Waals surface area contributed by atoms with Crippen molar-refractivity contribution in [2.75, 3.05) is 11.9 Å². The van der Waals surface area contributed by atoms with Crippen LogP contribution in [0.5, 0.6) is 0 Å². The van der Waals surface area contributed by atoms with Crippen molar-refractivity contribution >= 4 is 5.82 Å². The number of pyridine rings is 1. The lowest BCUT2D eigenvalue weighted by molar-refractivity contribution is 0.887. The fraction of sp³-hybridized carbons (Fsp3) is 0.250. The lowest BCUT2D eigenvalue weighted by Crippen LogP contribution is -2.19. The van der Waals surface area contributed by atoms with Crippen molar-refractivity contribution < 1.29 is 0 Å². The second-order valence-electron chi connectivity index (χ2n) is 4.77. The summed E-state index contributed by atoms with van der Waals surface area (Å²) in [5.41, 5.74) is 4.39. The molecule has 0 atom stereocenters. The molecule has 0 bridgehead atoms. The quantitative estimate of drug-likeness (QED) is 0.841. The Hall–Kier alpha value is -2.34. The molecule has 2 rings (SSSR count). The lowest BCUT2D eigenvalue weighted by atomic mass is 10.1. The number of benzene rings is 1. The summed E-state index contributed by atoms with van der Waals surface area (Å²) in [6.07, 6.45) is 1.72. The topological polar surface area (TPSA) is 39.9 Å². The van der Waals surface area contributed by atoms with E-state index in [2.05, 4.69) is 43.1 Å². The van der Waals surface area contributed by atoms with Crippen molar-refractivity contribution in [2.24, 2.45) is 0 Å². The highest BCUT2D eigenvalue weighted by molar-refractivity contribution is 5.53. The van der Waals surface area contributed by atoms with Gasteiger partial charge in [-0.3, -0.25) is 0 Å². The van der Waals surface area contributed by atoms with Crippen molar-refractivity contribution in [2.45, 2.75) is 20.4 Å². The molecule has 3 nitrogen and oxygen atoms in total. The van der Waals surface area contributed by atoms with Gasteiger partial charge in [0.2, 0.25) is 0 Å². The molecule has 0 unspecified atom stereocenters. The maximum absolute atomic E-state index is 9.11. The Bertz CT molecular complexity index is 626. The molecule has 0 aliphatic rings. The normalized spacial score (nSPS) is 10.0. The van der Waals surface area contributed by atoms with E-state index < -0.39 is 0 Å². The minimum Gasteiger partial charge on any atom is -0.354 e. The molecule has 0 N–H and O–H groups in total. The van der Waals surface area contributed by atoms with Crippen molar-refractivity contribution in [3.8, 4) is 6.07 Å². The van der Waals surface area contributed by atoms with Crippen LogP contribution in [0.4, 0.5) is 5.82 Å². The molecule has 0 saturated heterocycles. The minimum atomic E-state index is 0.606. The summed E-state index contributed by atoms with van der Waals surface area (Å²) in [4.78, 5) is 6.31. The van der Waals surface area contributed by atoms with E-state index in [9.17, 15) is 0 Å². The maximum Gasteiger partial charge on any atom is 0.146 e. The summed E-state index contributed by atoms with van der Waals surface area (Å²) in [6, 6.07) is 12.2.